The highest BCUT2D eigenvalue weighted by Gasteiger charge is 1.92. The first kappa shape index (κ1) is 9.76. The summed E-state index contributed by atoms with van der Waals surface area (Å²) in [5.41, 5.74) is 1.95. The fourth-order valence-corrected chi connectivity index (χ4v) is 1.11. The Bertz CT molecular complexity index is 282. The van der Waals surface area contributed by atoms with Crippen molar-refractivity contribution in [3.05, 3.63) is 35.4 Å². The third kappa shape index (κ3) is 3.27. The number of hydrogen-bond acceptors (Lipinski definition) is 2. The van der Waals surface area contributed by atoms with Gasteiger partial charge in [0.05, 0.1) is 11.6 Å². The van der Waals surface area contributed by atoms with Crippen molar-refractivity contribution in [2.75, 3.05) is 6.54 Å². The molecule has 0 heterocycles. The lowest BCUT2D eigenvalue weighted by molar-refractivity contribution is 0.675. The van der Waals surface area contributed by atoms with E-state index < -0.39 is 0 Å². The Morgan fingerprint density at radius 1 is 1.31 bits per heavy atom. The summed E-state index contributed by atoms with van der Waals surface area (Å²) >= 11 is 0. The molecule has 0 aliphatic heterocycles. The zero-order valence-electron chi connectivity index (χ0n) is 7.88. The number of benzene rings is 1. The molecule has 1 N–H and O–H groups in total. The van der Waals surface area contributed by atoms with E-state index >= 15 is 0 Å². The van der Waals surface area contributed by atoms with Gasteiger partial charge in [-0.05, 0) is 30.7 Å². The van der Waals surface area contributed by atoms with Crippen LogP contribution in [0.3, 0.4) is 0 Å². The zero-order valence-corrected chi connectivity index (χ0v) is 7.88. The molecule has 0 atom stereocenters. The van der Waals surface area contributed by atoms with E-state index in [-0.39, 0.29) is 0 Å². The maximum atomic E-state index is 8.58. The third-order valence-electron chi connectivity index (χ3n) is 1.84. The van der Waals surface area contributed by atoms with Crippen LogP contribution in [0.2, 0.25) is 0 Å². The minimum atomic E-state index is 0.722. The first-order valence-electron chi connectivity index (χ1n) is 4.56. The topological polar surface area (TPSA) is 35.8 Å². The third-order valence-corrected chi connectivity index (χ3v) is 1.84. The van der Waals surface area contributed by atoms with Crippen LogP contribution in [0.5, 0.6) is 0 Å². The second-order valence-electron chi connectivity index (χ2n) is 2.99. The Labute approximate surface area is 79.2 Å². The molecule has 0 aromatic heterocycles. The molecule has 0 spiro atoms. The lowest BCUT2D eigenvalue weighted by atomic mass is 10.1. The molecule has 0 bridgehead atoms. The van der Waals surface area contributed by atoms with E-state index in [4.69, 9.17) is 5.26 Å². The van der Waals surface area contributed by atoms with Gasteiger partial charge in [0.25, 0.3) is 0 Å². The van der Waals surface area contributed by atoms with Gasteiger partial charge in [0.2, 0.25) is 0 Å². The van der Waals surface area contributed by atoms with Crippen molar-refractivity contribution in [3.63, 3.8) is 0 Å². The summed E-state index contributed by atoms with van der Waals surface area (Å²) in [5.74, 6) is 0. The van der Waals surface area contributed by atoms with Gasteiger partial charge in [-0.1, -0.05) is 19.1 Å². The van der Waals surface area contributed by atoms with Crippen LogP contribution >= 0.6 is 0 Å². The Balaban J connectivity index is 2.46. The maximum absolute atomic E-state index is 8.58. The minimum absolute atomic E-state index is 0.722. The number of nitriles is 1. The van der Waals surface area contributed by atoms with E-state index in [0.29, 0.717) is 0 Å². The van der Waals surface area contributed by atoms with Crippen LogP contribution in [0.15, 0.2) is 24.3 Å². The van der Waals surface area contributed by atoms with Crippen LogP contribution in [0, 0.1) is 11.3 Å². The van der Waals surface area contributed by atoms with E-state index in [1.807, 2.05) is 24.3 Å². The fourth-order valence-electron chi connectivity index (χ4n) is 1.11. The van der Waals surface area contributed by atoms with E-state index in [9.17, 15) is 0 Å². The van der Waals surface area contributed by atoms with Crippen LogP contribution in [-0.2, 0) is 6.54 Å². The van der Waals surface area contributed by atoms with Gasteiger partial charge in [-0.25, -0.2) is 0 Å². The highest BCUT2D eigenvalue weighted by atomic mass is 14.8. The highest BCUT2D eigenvalue weighted by Crippen LogP contribution is 2.02. The predicted octanol–water partition coefficient (Wildman–Crippen LogP) is 2.06. The number of rotatable bonds is 4. The minimum Gasteiger partial charge on any atom is -0.313 e. The molecule has 0 amide bonds. The number of hydrogen-bond donors (Lipinski definition) is 1. The van der Waals surface area contributed by atoms with Crippen molar-refractivity contribution in [3.8, 4) is 6.07 Å². The lowest BCUT2D eigenvalue weighted by Crippen LogP contribution is -2.13. The van der Waals surface area contributed by atoms with Gasteiger partial charge in [0, 0.05) is 6.54 Å². The second-order valence-corrected chi connectivity index (χ2v) is 2.99. The SMILES string of the molecule is CCCNCc1ccc(C#N)cc1. The summed E-state index contributed by atoms with van der Waals surface area (Å²) in [6.45, 7) is 4.07. The molecule has 0 unspecified atom stereocenters. The van der Waals surface area contributed by atoms with Crippen LogP contribution in [0.1, 0.15) is 24.5 Å². The van der Waals surface area contributed by atoms with E-state index in [1.165, 1.54) is 5.56 Å². The lowest BCUT2D eigenvalue weighted by Gasteiger charge is -2.02. The van der Waals surface area contributed by atoms with E-state index in [0.717, 1.165) is 25.1 Å². The molecule has 0 saturated heterocycles. The van der Waals surface area contributed by atoms with Gasteiger partial charge < -0.3 is 5.32 Å². The van der Waals surface area contributed by atoms with Gasteiger partial charge in [0.1, 0.15) is 0 Å². The largest absolute Gasteiger partial charge is 0.313 e. The summed E-state index contributed by atoms with van der Waals surface area (Å²) < 4.78 is 0. The average Bonchev–Trinajstić information content (AvgIpc) is 2.19. The molecule has 0 saturated carbocycles. The summed E-state index contributed by atoms with van der Waals surface area (Å²) in [4.78, 5) is 0. The van der Waals surface area contributed by atoms with Crippen molar-refractivity contribution in [2.24, 2.45) is 0 Å². The molecule has 0 fully saturated rings. The molecule has 68 valence electrons. The van der Waals surface area contributed by atoms with Crippen molar-refractivity contribution in [2.45, 2.75) is 19.9 Å². The molecule has 1 rings (SSSR count). The average molecular weight is 174 g/mol. The Morgan fingerprint density at radius 2 is 2.00 bits per heavy atom. The fraction of sp³-hybridized carbons (Fsp3) is 0.364. The molecule has 2 nitrogen and oxygen atoms in total. The van der Waals surface area contributed by atoms with Gasteiger partial charge in [-0.3, -0.25) is 0 Å². The van der Waals surface area contributed by atoms with Crippen LogP contribution in [0.25, 0.3) is 0 Å². The summed E-state index contributed by atoms with van der Waals surface area (Å²) in [7, 11) is 0. The zero-order chi connectivity index (χ0) is 9.52. The molecule has 0 aliphatic carbocycles. The second kappa shape index (κ2) is 5.34. The predicted molar refractivity (Wildman–Crippen MR) is 53.2 cm³/mol. The summed E-state index contributed by atoms with van der Waals surface area (Å²) in [5, 5.41) is 11.9. The van der Waals surface area contributed by atoms with Crippen LogP contribution in [-0.4, -0.2) is 6.54 Å². The Hall–Kier alpha value is -1.33. The van der Waals surface area contributed by atoms with Crippen LogP contribution < -0.4 is 5.32 Å². The van der Waals surface area contributed by atoms with Gasteiger partial charge in [-0.2, -0.15) is 5.26 Å². The van der Waals surface area contributed by atoms with Crippen molar-refractivity contribution in [1.29, 1.82) is 5.26 Å². The Kier molecular flexibility index (Phi) is 4.01. The standard InChI is InChI=1S/C11H14N2/c1-2-7-13-9-11-5-3-10(8-12)4-6-11/h3-6,13H,2,7,9H2,1H3. The van der Waals surface area contributed by atoms with Crippen molar-refractivity contribution >= 4 is 0 Å². The first-order chi connectivity index (χ1) is 6.36. The molecule has 2 heteroatoms. The van der Waals surface area contributed by atoms with Gasteiger partial charge in [-0.15, -0.1) is 0 Å². The number of nitrogens with one attached hydrogen (secondary N) is 1. The van der Waals surface area contributed by atoms with Crippen molar-refractivity contribution in [1.82, 2.24) is 5.32 Å². The monoisotopic (exact) mass is 174 g/mol. The molecule has 0 aliphatic rings. The summed E-state index contributed by atoms with van der Waals surface area (Å²) in [6.07, 6.45) is 1.15. The first-order valence-corrected chi connectivity index (χ1v) is 4.56. The molecular formula is C11H14N2. The van der Waals surface area contributed by atoms with E-state index in [2.05, 4.69) is 18.3 Å². The maximum Gasteiger partial charge on any atom is 0.0991 e. The molecule has 1 aromatic rings. The molecule has 1 aromatic carbocycles. The van der Waals surface area contributed by atoms with E-state index in [1.54, 1.807) is 0 Å². The smallest absolute Gasteiger partial charge is 0.0991 e. The highest BCUT2D eigenvalue weighted by molar-refractivity contribution is 5.31. The van der Waals surface area contributed by atoms with Gasteiger partial charge in [0.15, 0.2) is 0 Å². The molecule has 13 heavy (non-hydrogen) atoms. The Morgan fingerprint density at radius 3 is 2.54 bits per heavy atom. The van der Waals surface area contributed by atoms with Gasteiger partial charge >= 0.3 is 0 Å². The van der Waals surface area contributed by atoms with Crippen LogP contribution in [0.4, 0.5) is 0 Å². The molecular weight excluding hydrogens is 160 g/mol. The summed E-state index contributed by atoms with van der Waals surface area (Å²) in [6, 6.07) is 9.78. The number of nitrogens with zero attached hydrogens (tertiary/aromatic N) is 1. The van der Waals surface area contributed by atoms with Crippen molar-refractivity contribution < 1.29 is 0 Å². The normalized spacial score (nSPS) is 9.54. The quantitative estimate of drug-likeness (QED) is 0.709. The molecule has 0 radical (unpaired) electrons.